The fourth-order valence-electron chi connectivity index (χ4n) is 1.82. The molecule has 18 heavy (non-hydrogen) atoms. The maximum absolute atomic E-state index is 5.70. The van der Waals surface area contributed by atoms with E-state index in [1.807, 2.05) is 44.2 Å². The van der Waals surface area contributed by atoms with Gasteiger partial charge < -0.3 is 9.47 Å². The molecule has 0 bridgehead atoms. The van der Waals surface area contributed by atoms with Crippen molar-refractivity contribution < 1.29 is 9.47 Å². The maximum atomic E-state index is 5.70. The van der Waals surface area contributed by atoms with Gasteiger partial charge in [0.15, 0.2) is 0 Å². The average molecular weight is 242 g/mol. The molecule has 0 aromatic heterocycles. The van der Waals surface area contributed by atoms with Gasteiger partial charge in [0.25, 0.3) is 0 Å². The van der Waals surface area contributed by atoms with Crippen molar-refractivity contribution in [1.82, 2.24) is 0 Å². The predicted molar refractivity (Wildman–Crippen MR) is 74.2 cm³/mol. The molecule has 2 rings (SSSR count). The second-order valence-electron chi connectivity index (χ2n) is 4.43. The SMILES string of the molecule is COc1cccc(-c2cccc(OC(C)C)c2)c1. The van der Waals surface area contributed by atoms with Gasteiger partial charge in [0.1, 0.15) is 11.5 Å². The molecule has 0 aliphatic rings. The highest BCUT2D eigenvalue weighted by molar-refractivity contribution is 5.66. The Labute approximate surface area is 108 Å². The third-order valence-corrected chi connectivity index (χ3v) is 2.61. The minimum atomic E-state index is 0.186. The molecular weight excluding hydrogens is 224 g/mol. The smallest absolute Gasteiger partial charge is 0.120 e. The Morgan fingerprint density at radius 1 is 0.833 bits per heavy atom. The molecule has 0 spiro atoms. The molecule has 0 radical (unpaired) electrons. The second kappa shape index (κ2) is 5.58. The number of hydrogen-bond acceptors (Lipinski definition) is 2. The number of methoxy groups -OCH3 is 1. The molecule has 2 nitrogen and oxygen atoms in total. The van der Waals surface area contributed by atoms with E-state index >= 15 is 0 Å². The van der Waals surface area contributed by atoms with E-state index in [9.17, 15) is 0 Å². The van der Waals surface area contributed by atoms with E-state index in [0.717, 1.165) is 22.6 Å². The summed E-state index contributed by atoms with van der Waals surface area (Å²) in [6, 6.07) is 16.1. The van der Waals surface area contributed by atoms with Crippen LogP contribution in [0.3, 0.4) is 0 Å². The highest BCUT2D eigenvalue weighted by Crippen LogP contribution is 2.27. The molecule has 0 heterocycles. The molecular formula is C16H18O2. The lowest BCUT2D eigenvalue weighted by atomic mass is 10.1. The summed E-state index contributed by atoms with van der Waals surface area (Å²) in [6.07, 6.45) is 0.186. The van der Waals surface area contributed by atoms with Crippen molar-refractivity contribution in [3.05, 3.63) is 48.5 Å². The van der Waals surface area contributed by atoms with Crippen molar-refractivity contribution in [3.8, 4) is 22.6 Å². The van der Waals surface area contributed by atoms with Crippen molar-refractivity contribution >= 4 is 0 Å². The highest BCUT2D eigenvalue weighted by atomic mass is 16.5. The van der Waals surface area contributed by atoms with E-state index in [1.165, 1.54) is 0 Å². The molecule has 0 atom stereocenters. The van der Waals surface area contributed by atoms with E-state index in [4.69, 9.17) is 9.47 Å². The molecule has 0 aliphatic heterocycles. The quantitative estimate of drug-likeness (QED) is 0.801. The van der Waals surface area contributed by atoms with Crippen molar-refractivity contribution in [2.24, 2.45) is 0 Å². The van der Waals surface area contributed by atoms with Gasteiger partial charge in [0, 0.05) is 0 Å². The Balaban J connectivity index is 2.32. The van der Waals surface area contributed by atoms with Gasteiger partial charge in [0.05, 0.1) is 13.2 Å². The summed E-state index contributed by atoms with van der Waals surface area (Å²) >= 11 is 0. The summed E-state index contributed by atoms with van der Waals surface area (Å²) in [4.78, 5) is 0. The zero-order valence-corrected chi connectivity index (χ0v) is 11.0. The fourth-order valence-corrected chi connectivity index (χ4v) is 1.82. The monoisotopic (exact) mass is 242 g/mol. The van der Waals surface area contributed by atoms with Crippen LogP contribution in [-0.2, 0) is 0 Å². The minimum Gasteiger partial charge on any atom is -0.497 e. The molecule has 0 fully saturated rings. The summed E-state index contributed by atoms with van der Waals surface area (Å²) in [5.41, 5.74) is 2.26. The summed E-state index contributed by atoms with van der Waals surface area (Å²) in [7, 11) is 1.68. The topological polar surface area (TPSA) is 18.5 Å². The molecule has 0 saturated carbocycles. The first-order chi connectivity index (χ1) is 8.69. The zero-order chi connectivity index (χ0) is 13.0. The van der Waals surface area contributed by atoms with Gasteiger partial charge in [0.2, 0.25) is 0 Å². The van der Waals surface area contributed by atoms with Crippen molar-refractivity contribution in [3.63, 3.8) is 0 Å². The normalized spacial score (nSPS) is 10.4. The van der Waals surface area contributed by atoms with Crippen LogP contribution in [0.25, 0.3) is 11.1 Å². The van der Waals surface area contributed by atoms with Gasteiger partial charge in [-0.1, -0.05) is 24.3 Å². The van der Waals surface area contributed by atoms with Crippen molar-refractivity contribution in [2.45, 2.75) is 20.0 Å². The number of rotatable bonds is 4. The molecule has 0 aliphatic carbocycles. The number of ether oxygens (including phenoxy) is 2. The number of hydrogen-bond donors (Lipinski definition) is 0. The van der Waals surface area contributed by atoms with Crippen LogP contribution in [0.4, 0.5) is 0 Å². The molecule has 94 valence electrons. The lowest BCUT2D eigenvalue weighted by Crippen LogP contribution is -2.05. The van der Waals surface area contributed by atoms with Crippen LogP contribution >= 0.6 is 0 Å². The van der Waals surface area contributed by atoms with E-state index < -0.39 is 0 Å². The molecule has 2 aromatic rings. The first-order valence-corrected chi connectivity index (χ1v) is 6.10. The average Bonchev–Trinajstić information content (AvgIpc) is 2.38. The predicted octanol–water partition coefficient (Wildman–Crippen LogP) is 4.15. The molecule has 2 heteroatoms. The molecule has 0 N–H and O–H groups in total. The Morgan fingerprint density at radius 3 is 1.94 bits per heavy atom. The Hall–Kier alpha value is -1.96. The standard InChI is InChI=1S/C16H18O2/c1-12(2)18-16-9-5-7-14(11-16)13-6-4-8-15(10-13)17-3/h4-12H,1-3H3. The van der Waals surface area contributed by atoms with Crippen LogP contribution < -0.4 is 9.47 Å². The largest absolute Gasteiger partial charge is 0.497 e. The summed E-state index contributed by atoms with van der Waals surface area (Å²) < 4.78 is 10.9. The van der Waals surface area contributed by atoms with Crippen molar-refractivity contribution in [1.29, 1.82) is 0 Å². The molecule has 0 saturated heterocycles. The first kappa shape index (κ1) is 12.5. The fraction of sp³-hybridized carbons (Fsp3) is 0.250. The Kier molecular flexibility index (Phi) is 3.88. The molecule has 0 amide bonds. The van der Waals surface area contributed by atoms with E-state index in [1.54, 1.807) is 7.11 Å². The van der Waals surface area contributed by atoms with Crippen LogP contribution in [0, 0.1) is 0 Å². The van der Waals surface area contributed by atoms with Gasteiger partial charge in [-0.2, -0.15) is 0 Å². The van der Waals surface area contributed by atoms with Gasteiger partial charge in [-0.05, 0) is 49.2 Å². The van der Waals surface area contributed by atoms with E-state index in [-0.39, 0.29) is 6.10 Å². The highest BCUT2D eigenvalue weighted by Gasteiger charge is 2.02. The third kappa shape index (κ3) is 3.04. The summed E-state index contributed by atoms with van der Waals surface area (Å²) in [5, 5.41) is 0. The minimum absolute atomic E-state index is 0.186. The van der Waals surface area contributed by atoms with E-state index in [2.05, 4.69) is 18.2 Å². The Morgan fingerprint density at radius 2 is 1.39 bits per heavy atom. The third-order valence-electron chi connectivity index (χ3n) is 2.61. The lowest BCUT2D eigenvalue weighted by molar-refractivity contribution is 0.242. The van der Waals surface area contributed by atoms with Gasteiger partial charge in [-0.15, -0.1) is 0 Å². The molecule has 2 aromatic carbocycles. The van der Waals surface area contributed by atoms with E-state index in [0.29, 0.717) is 0 Å². The van der Waals surface area contributed by atoms with Gasteiger partial charge in [-0.25, -0.2) is 0 Å². The van der Waals surface area contributed by atoms with Crippen molar-refractivity contribution in [2.75, 3.05) is 7.11 Å². The Bertz CT molecular complexity index is 518. The van der Waals surface area contributed by atoms with Gasteiger partial charge >= 0.3 is 0 Å². The number of benzene rings is 2. The van der Waals surface area contributed by atoms with Crippen LogP contribution in [0.1, 0.15) is 13.8 Å². The van der Waals surface area contributed by atoms with Crippen LogP contribution in [0.15, 0.2) is 48.5 Å². The van der Waals surface area contributed by atoms with Crippen LogP contribution in [0.2, 0.25) is 0 Å². The zero-order valence-electron chi connectivity index (χ0n) is 11.0. The lowest BCUT2D eigenvalue weighted by Gasteiger charge is -2.11. The summed E-state index contributed by atoms with van der Waals surface area (Å²) in [6.45, 7) is 4.05. The van der Waals surface area contributed by atoms with Gasteiger partial charge in [-0.3, -0.25) is 0 Å². The van der Waals surface area contributed by atoms with Crippen LogP contribution in [-0.4, -0.2) is 13.2 Å². The molecule has 0 unspecified atom stereocenters. The second-order valence-corrected chi connectivity index (χ2v) is 4.43. The first-order valence-electron chi connectivity index (χ1n) is 6.10. The van der Waals surface area contributed by atoms with Crippen LogP contribution in [0.5, 0.6) is 11.5 Å². The maximum Gasteiger partial charge on any atom is 0.120 e. The summed E-state index contributed by atoms with van der Waals surface area (Å²) in [5.74, 6) is 1.76.